The Hall–Kier alpha value is -9.26. The van der Waals surface area contributed by atoms with E-state index in [2.05, 4.69) is 21.3 Å². The fourth-order valence-corrected chi connectivity index (χ4v) is 5.51. The molecule has 2 amide bonds. The lowest BCUT2D eigenvalue weighted by Gasteiger charge is -2.17. The number of carbonyl (C=O) groups excluding carboxylic acids is 4. The summed E-state index contributed by atoms with van der Waals surface area (Å²) in [6.45, 7) is -1.03. The molecule has 0 saturated heterocycles. The number of amides is 2. The second kappa shape index (κ2) is 24.0. The van der Waals surface area contributed by atoms with Crippen LogP contribution in [0.3, 0.4) is 0 Å². The van der Waals surface area contributed by atoms with Crippen LogP contribution in [-0.4, -0.2) is 118 Å². The fourth-order valence-electron chi connectivity index (χ4n) is 5.51. The standard InChI is InChI=1S/C42H42N8O17/c43-41(44)47-23-5-1-21(2-6-23)39(61)66-25-9-11-27(35(55)49-29(37(57)58)19-33(51)52)31(17-25)64-15-13-63-14-16-65-32-18-26(67-40(62)22-3-7-24(8-4-22)48-42(45)46)10-12-28(32)36(56)50-30(38(59)60)20-34(53)54/h1-12,17-18,29-30H,13-16,19-20H2,(H,49,55)(H,50,56)(H,51,52)(H,53,54)(H,57,58)(H,59,60)(H4,43,44,47)(H4,45,46,48)/t29-,30-/m1/s1. The van der Waals surface area contributed by atoms with Crippen LogP contribution in [0.5, 0.6) is 23.0 Å². The summed E-state index contributed by atoms with van der Waals surface area (Å²) in [5, 5.41) is 61.1. The van der Waals surface area contributed by atoms with Gasteiger partial charge in [0.15, 0.2) is 11.9 Å². The molecule has 0 fully saturated rings. The lowest BCUT2D eigenvalue weighted by Crippen LogP contribution is -2.42. The number of esters is 2. The summed E-state index contributed by atoms with van der Waals surface area (Å²) in [5.41, 5.74) is 11.1. The third-order valence-corrected chi connectivity index (χ3v) is 8.55. The Morgan fingerprint density at radius 2 is 0.881 bits per heavy atom. The summed E-state index contributed by atoms with van der Waals surface area (Å²) in [5.74, 6) is -11.4. The number of aliphatic carboxylic acids is 4. The van der Waals surface area contributed by atoms with E-state index in [1.54, 1.807) is 0 Å². The molecule has 0 heterocycles. The van der Waals surface area contributed by atoms with Crippen LogP contribution in [0.15, 0.2) is 84.9 Å². The lowest BCUT2D eigenvalue weighted by molar-refractivity contribution is -0.145. The van der Waals surface area contributed by atoms with E-state index in [4.69, 9.17) is 56.2 Å². The maximum absolute atomic E-state index is 13.2. The quantitative estimate of drug-likeness (QED) is 0.0156. The second-order valence-corrected chi connectivity index (χ2v) is 13.6. The molecule has 0 unspecified atom stereocenters. The summed E-state index contributed by atoms with van der Waals surface area (Å²) < 4.78 is 27.9. The van der Waals surface area contributed by atoms with E-state index in [0.717, 1.165) is 24.3 Å². The number of nitrogens with one attached hydrogen (secondary N) is 6. The number of carboxylic acids is 4. The Balaban J connectivity index is 1.46. The van der Waals surface area contributed by atoms with Crippen molar-refractivity contribution < 1.29 is 82.5 Å². The third kappa shape index (κ3) is 16.1. The molecule has 0 aliphatic heterocycles. The summed E-state index contributed by atoms with van der Waals surface area (Å²) in [6.07, 6.45) is -1.90. The average Bonchev–Trinajstić information content (AvgIpc) is 3.25. The van der Waals surface area contributed by atoms with E-state index < -0.39 is 72.6 Å². The highest BCUT2D eigenvalue weighted by molar-refractivity contribution is 6.01. The Morgan fingerprint density at radius 1 is 0.522 bits per heavy atom. The molecule has 0 aliphatic rings. The van der Waals surface area contributed by atoms with Crippen molar-refractivity contribution in [3.8, 4) is 23.0 Å². The highest BCUT2D eigenvalue weighted by Gasteiger charge is 2.27. The van der Waals surface area contributed by atoms with Gasteiger partial charge in [-0.15, -0.1) is 0 Å². The van der Waals surface area contributed by atoms with Crippen LogP contribution in [0.4, 0.5) is 11.4 Å². The highest BCUT2D eigenvalue weighted by Crippen LogP contribution is 2.28. The van der Waals surface area contributed by atoms with E-state index in [0.29, 0.717) is 11.4 Å². The van der Waals surface area contributed by atoms with Gasteiger partial charge >= 0.3 is 35.8 Å². The minimum Gasteiger partial charge on any atom is -0.490 e. The number of hydrogen-bond acceptors (Lipinski definition) is 15. The van der Waals surface area contributed by atoms with Crippen LogP contribution < -0.4 is 51.7 Å². The van der Waals surface area contributed by atoms with Gasteiger partial charge in [0.2, 0.25) is 0 Å². The molecule has 25 heteroatoms. The SMILES string of the molecule is N=C(N)Nc1ccc(C(=O)Oc2ccc(C(=O)N[C@H](CC(=O)O)C(=O)O)c(OCCOCCOc3cc(OC(=O)c4ccc(NC(=N)N)cc4)ccc3C(=O)N[C@H](CC(=O)O)C(=O)O)c2)cc1. The van der Waals surface area contributed by atoms with Gasteiger partial charge in [-0.2, -0.15) is 0 Å². The van der Waals surface area contributed by atoms with Crippen molar-refractivity contribution in [2.75, 3.05) is 37.1 Å². The molecule has 4 aromatic rings. The average molecular weight is 931 g/mol. The van der Waals surface area contributed by atoms with Gasteiger partial charge < -0.3 is 76.8 Å². The van der Waals surface area contributed by atoms with Crippen molar-refractivity contribution in [1.82, 2.24) is 10.6 Å². The van der Waals surface area contributed by atoms with Gasteiger partial charge in [-0.25, -0.2) is 19.2 Å². The zero-order valence-electron chi connectivity index (χ0n) is 34.7. The Bertz CT molecular complexity index is 2360. The molecule has 2 atom stereocenters. The molecule has 0 saturated carbocycles. The third-order valence-electron chi connectivity index (χ3n) is 8.55. The number of guanidine groups is 2. The number of hydrogen-bond donors (Lipinski definition) is 12. The number of benzene rings is 4. The normalized spacial score (nSPS) is 11.3. The van der Waals surface area contributed by atoms with E-state index in [-0.39, 0.29) is 83.6 Å². The van der Waals surface area contributed by atoms with E-state index in [9.17, 15) is 48.6 Å². The van der Waals surface area contributed by atoms with Crippen LogP contribution in [0.25, 0.3) is 0 Å². The van der Waals surface area contributed by atoms with Crippen molar-refractivity contribution in [3.05, 3.63) is 107 Å². The summed E-state index contributed by atoms with van der Waals surface area (Å²) in [4.78, 5) is 98.0. The van der Waals surface area contributed by atoms with Gasteiger partial charge in [0.25, 0.3) is 11.8 Å². The van der Waals surface area contributed by atoms with Gasteiger partial charge in [-0.3, -0.25) is 30.0 Å². The Labute approximate surface area is 377 Å². The molecule has 0 bridgehead atoms. The summed E-state index contributed by atoms with van der Waals surface area (Å²) >= 11 is 0. The Morgan fingerprint density at radius 3 is 1.19 bits per heavy atom. The minimum absolute atomic E-state index is 0.0848. The van der Waals surface area contributed by atoms with Gasteiger partial charge in [-0.1, -0.05) is 0 Å². The summed E-state index contributed by atoms with van der Waals surface area (Å²) in [6, 6.07) is 14.8. The van der Waals surface area contributed by atoms with Gasteiger partial charge in [0, 0.05) is 23.5 Å². The maximum Gasteiger partial charge on any atom is 0.343 e. The van der Waals surface area contributed by atoms with Crippen LogP contribution >= 0.6 is 0 Å². The molecule has 4 rings (SSSR count). The molecule has 352 valence electrons. The molecule has 0 radical (unpaired) electrons. The van der Waals surface area contributed by atoms with Gasteiger partial charge in [0.1, 0.15) is 48.3 Å². The first-order chi connectivity index (χ1) is 31.8. The Kier molecular flexibility index (Phi) is 18.0. The predicted molar refractivity (Wildman–Crippen MR) is 231 cm³/mol. The van der Waals surface area contributed by atoms with Gasteiger partial charge in [-0.05, 0) is 72.8 Å². The van der Waals surface area contributed by atoms with Crippen molar-refractivity contribution >= 4 is 70.9 Å². The maximum atomic E-state index is 13.2. The molecule has 4 aromatic carbocycles. The predicted octanol–water partition coefficient (Wildman–Crippen LogP) is 1.53. The first-order valence-electron chi connectivity index (χ1n) is 19.3. The van der Waals surface area contributed by atoms with Crippen LogP contribution in [0, 0.1) is 10.8 Å². The number of ether oxygens (including phenoxy) is 5. The van der Waals surface area contributed by atoms with E-state index in [1.165, 1.54) is 60.7 Å². The molecule has 0 spiro atoms. The van der Waals surface area contributed by atoms with Crippen molar-refractivity contribution in [2.24, 2.45) is 11.5 Å². The van der Waals surface area contributed by atoms with Crippen LogP contribution in [-0.2, 0) is 23.9 Å². The van der Waals surface area contributed by atoms with Crippen LogP contribution in [0.2, 0.25) is 0 Å². The molecular formula is C42H42N8O17. The number of carboxylic acid groups (broad SMARTS) is 4. The van der Waals surface area contributed by atoms with Crippen molar-refractivity contribution in [3.63, 3.8) is 0 Å². The van der Waals surface area contributed by atoms with E-state index in [1.807, 2.05) is 0 Å². The lowest BCUT2D eigenvalue weighted by atomic mass is 10.1. The number of anilines is 2. The highest BCUT2D eigenvalue weighted by atomic mass is 16.6. The fraction of sp³-hybridized carbons (Fsp3) is 0.190. The molecular weight excluding hydrogens is 889 g/mol. The molecule has 67 heavy (non-hydrogen) atoms. The first kappa shape index (κ1) is 50.4. The van der Waals surface area contributed by atoms with Crippen molar-refractivity contribution in [1.29, 1.82) is 10.8 Å². The number of carbonyl (C=O) groups is 8. The molecule has 25 nitrogen and oxygen atoms in total. The summed E-state index contributed by atoms with van der Waals surface area (Å²) in [7, 11) is 0. The zero-order valence-corrected chi connectivity index (χ0v) is 34.7. The van der Waals surface area contributed by atoms with Crippen LogP contribution in [0.1, 0.15) is 54.3 Å². The topological polar surface area (TPSA) is 411 Å². The largest absolute Gasteiger partial charge is 0.490 e. The number of nitrogens with two attached hydrogens (primary N) is 2. The van der Waals surface area contributed by atoms with Gasteiger partial charge in [0.05, 0.1) is 48.3 Å². The first-order valence-corrected chi connectivity index (χ1v) is 19.3. The minimum atomic E-state index is -1.82. The van der Waals surface area contributed by atoms with E-state index >= 15 is 0 Å². The monoisotopic (exact) mass is 930 g/mol. The zero-order chi connectivity index (χ0) is 49.2. The van der Waals surface area contributed by atoms with Crippen molar-refractivity contribution in [2.45, 2.75) is 24.9 Å². The molecule has 14 N–H and O–H groups in total. The smallest absolute Gasteiger partial charge is 0.343 e. The second-order valence-electron chi connectivity index (χ2n) is 13.6. The molecule has 0 aliphatic carbocycles. The molecule has 0 aromatic heterocycles. The number of rotatable bonds is 24.